The molecule has 2 aromatic heterocycles. The number of ketones is 1. The maximum atomic E-state index is 12.1. The van der Waals surface area contributed by atoms with Crippen LogP contribution in [0.15, 0.2) is 54.9 Å². The molecule has 1 amide bonds. The van der Waals surface area contributed by atoms with Crippen molar-refractivity contribution in [1.29, 1.82) is 0 Å². The summed E-state index contributed by atoms with van der Waals surface area (Å²) in [4.78, 5) is 28.3. The molecule has 122 valence electrons. The summed E-state index contributed by atoms with van der Waals surface area (Å²) in [6.07, 6.45) is 3.93. The third kappa shape index (κ3) is 3.81. The van der Waals surface area contributed by atoms with Gasteiger partial charge in [0.1, 0.15) is 5.82 Å². The number of nitrogens with zero attached hydrogens (tertiary/aromatic N) is 2. The first-order chi connectivity index (χ1) is 11.6. The molecular formula is C18H16ClN3O2. The second-order valence-corrected chi connectivity index (χ2v) is 5.82. The lowest BCUT2D eigenvalue weighted by molar-refractivity contribution is -0.121. The van der Waals surface area contributed by atoms with Gasteiger partial charge in [0.15, 0.2) is 5.78 Å². The number of aromatic nitrogens is 2. The molecule has 6 heteroatoms. The Hall–Kier alpha value is -2.66. The molecule has 0 aliphatic carbocycles. The fourth-order valence-corrected chi connectivity index (χ4v) is 2.62. The molecule has 2 heterocycles. The van der Waals surface area contributed by atoms with Gasteiger partial charge >= 0.3 is 0 Å². The molecular weight excluding hydrogens is 326 g/mol. The number of halogens is 1. The number of pyridine rings is 1. The Bertz CT molecular complexity index is 889. The van der Waals surface area contributed by atoms with Gasteiger partial charge in [0.2, 0.25) is 5.91 Å². The number of carbonyl (C=O) groups excluding carboxylic acids is 2. The lowest BCUT2D eigenvalue weighted by atomic mass is 10.1. The highest BCUT2D eigenvalue weighted by Crippen LogP contribution is 2.13. The summed E-state index contributed by atoms with van der Waals surface area (Å²) < 4.78 is 1.91. The van der Waals surface area contributed by atoms with Crippen molar-refractivity contribution in [2.45, 2.75) is 19.4 Å². The van der Waals surface area contributed by atoms with E-state index >= 15 is 0 Å². The highest BCUT2D eigenvalue weighted by molar-refractivity contribution is 6.31. The number of fused-ring (bicyclic) bond motifs is 1. The molecule has 0 saturated carbocycles. The van der Waals surface area contributed by atoms with Crippen LogP contribution in [0.5, 0.6) is 0 Å². The normalized spacial score (nSPS) is 10.7. The van der Waals surface area contributed by atoms with Crippen molar-refractivity contribution in [3.8, 4) is 0 Å². The van der Waals surface area contributed by atoms with Gasteiger partial charge in [0.25, 0.3) is 0 Å². The number of carbonyl (C=O) groups is 2. The number of hydrogen-bond donors (Lipinski definition) is 1. The van der Waals surface area contributed by atoms with Crippen molar-refractivity contribution >= 4 is 28.8 Å². The van der Waals surface area contributed by atoms with Crippen molar-refractivity contribution in [2.75, 3.05) is 0 Å². The summed E-state index contributed by atoms with van der Waals surface area (Å²) in [5.74, 6) is 0.470. The maximum Gasteiger partial charge on any atom is 0.220 e. The first kappa shape index (κ1) is 16.2. The monoisotopic (exact) mass is 341 g/mol. The molecule has 3 aromatic rings. The number of amides is 1. The Morgan fingerprint density at radius 2 is 2.00 bits per heavy atom. The summed E-state index contributed by atoms with van der Waals surface area (Å²) >= 11 is 5.87. The molecule has 0 fully saturated rings. The Kier molecular flexibility index (Phi) is 4.91. The summed E-state index contributed by atoms with van der Waals surface area (Å²) in [7, 11) is 0. The third-order valence-electron chi connectivity index (χ3n) is 3.68. The van der Waals surface area contributed by atoms with Crippen LogP contribution in [0.1, 0.15) is 29.0 Å². The van der Waals surface area contributed by atoms with Gasteiger partial charge in [-0.3, -0.25) is 9.59 Å². The largest absolute Gasteiger partial charge is 0.349 e. The molecule has 0 saturated heterocycles. The van der Waals surface area contributed by atoms with Crippen LogP contribution >= 0.6 is 11.6 Å². The number of rotatable bonds is 6. The van der Waals surface area contributed by atoms with Gasteiger partial charge in [-0.2, -0.15) is 0 Å². The van der Waals surface area contributed by atoms with E-state index in [0.717, 1.165) is 11.3 Å². The molecule has 0 atom stereocenters. The summed E-state index contributed by atoms with van der Waals surface area (Å²) in [6.45, 7) is 0.322. The Labute approximate surface area is 144 Å². The molecule has 0 radical (unpaired) electrons. The third-order valence-corrected chi connectivity index (χ3v) is 3.92. The summed E-state index contributed by atoms with van der Waals surface area (Å²) in [5.41, 5.74) is 1.49. The van der Waals surface area contributed by atoms with E-state index < -0.39 is 0 Å². The highest BCUT2D eigenvalue weighted by atomic mass is 35.5. The van der Waals surface area contributed by atoms with Crippen LogP contribution in [0, 0.1) is 0 Å². The fourth-order valence-electron chi connectivity index (χ4n) is 2.43. The molecule has 24 heavy (non-hydrogen) atoms. The standard InChI is InChI=1S/C18H16ClN3O2/c19-14-5-3-4-13(10-14)16(23)7-8-18(24)21-12-17-20-11-15-6-1-2-9-22(15)17/h1-6,9-11H,7-8,12H2,(H,21,24). The molecule has 1 N–H and O–H groups in total. The number of benzene rings is 1. The predicted molar refractivity (Wildman–Crippen MR) is 92.1 cm³/mol. The van der Waals surface area contributed by atoms with Crippen LogP contribution < -0.4 is 5.32 Å². The van der Waals surface area contributed by atoms with E-state index in [1.165, 1.54) is 0 Å². The lowest BCUT2D eigenvalue weighted by Gasteiger charge is -2.05. The molecule has 0 bridgehead atoms. The van der Waals surface area contributed by atoms with Crippen LogP contribution in [-0.2, 0) is 11.3 Å². The minimum absolute atomic E-state index is 0.0982. The topological polar surface area (TPSA) is 63.5 Å². The van der Waals surface area contributed by atoms with Gasteiger partial charge in [-0.15, -0.1) is 0 Å². The molecule has 0 unspecified atom stereocenters. The predicted octanol–water partition coefficient (Wildman–Crippen LogP) is 3.27. The van der Waals surface area contributed by atoms with Crippen molar-refractivity contribution in [3.05, 3.63) is 71.3 Å². The Morgan fingerprint density at radius 1 is 1.12 bits per heavy atom. The van der Waals surface area contributed by atoms with Crippen LogP contribution in [-0.4, -0.2) is 21.1 Å². The average Bonchev–Trinajstić information content (AvgIpc) is 3.01. The minimum atomic E-state index is -0.182. The van der Waals surface area contributed by atoms with Crippen LogP contribution in [0.4, 0.5) is 0 Å². The first-order valence-electron chi connectivity index (χ1n) is 7.60. The zero-order valence-corrected chi connectivity index (χ0v) is 13.7. The molecule has 3 rings (SSSR count). The van der Waals surface area contributed by atoms with E-state index in [1.807, 2.05) is 28.8 Å². The Balaban J connectivity index is 1.52. The summed E-state index contributed by atoms with van der Waals surface area (Å²) in [5, 5.41) is 3.31. The molecule has 0 aliphatic rings. The van der Waals surface area contributed by atoms with Crippen LogP contribution in [0.2, 0.25) is 5.02 Å². The van der Waals surface area contributed by atoms with Gasteiger partial charge in [-0.05, 0) is 24.3 Å². The molecule has 5 nitrogen and oxygen atoms in total. The lowest BCUT2D eigenvalue weighted by Crippen LogP contribution is -2.24. The smallest absolute Gasteiger partial charge is 0.220 e. The quantitative estimate of drug-likeness (QED) is 0.700. The van der Waals surface area contributed by atoms with E-state index in [0.29, 0.717) is 17.1 Å². The SMILES string of the molecule is O=C(CCC(=O)c1cccc(Cl)c1)NCc1ncc2ccccn12. The number of nitrogens with one attached hydrogen (secondary N) is 1. The van der Waals surface area contributed by atoms with Gasteiger partial charge < -0.3 is 9.72 Å². The van der Waals surface area contributed by atoms with E-state index in [-0.39, 0.29) is 24.5 Å². The van der Waals surface area contributed by atoms with Gasteiger partial charge in [-0.1, -0.05) is 29.8 Å². The van der Waals surface area contributed by atoms with E-state index in [1.54, 1.807) is 30.5 Å². The zero-order valence-electron chi connectivity index (χ0n) is 12.9. The van der Waals surface area contributed by atoms with Crippen LogP contribution in [0.3, 0.4) is 0 Å². The highest BCUT2D eigenvalue weighted by Gasteiger charge is 2.10. The number of imidazole rings is 1. The van der Waals surface area contributed by atoms with E-state index in [9.17, 15) is 9.59 Å². The van der Waals surface area contributed by atoms with Crippen molar-refractivity contribution in [2.24, 2.45) is 0 Å². The van der Waals surface area contributed by atoms with Crippen molar-refractivity contribution in [3.63, 3.8) is 0 Å². The van der Waals surface area contributed by atoms with E-state index in [2.05, 4.69) is 10.3 Å². The minimum Gasteiger partial charge on any atom is -0.349 e. The Morgan fingerprint density at radius 3 is 2.83 bits per heavy atom. The second-order valence-electron chi connectivity index (χ2n) is 5.38. The van der Waals surface area contributed by atoms with E-state index in [4.69, 9.17) is 11.6 Å². The zero-order chi connectivity index (χ0) is 16.9. The molecule has 0 spiro atoms. The number of hydrogen-bond acceptors (Lipinski definition) is 3. The van der Waals surface area contributed by atoms with Crippen LogP contribution in [0.25, 0.3) is 5.52 Å². The molecule has 0 aliphatic heterocycles. The fraction of sp³-hybridized carbons (Fsp3) is 0.167. The number of Topliss-reactive ketones (excluding diaryl/α,β-unsaturated/α-hetero) is 1. The first-order valence-corrected chi connectivity index (χ1v) is 7.98. The maximum absolute atomic E-state index is 12.1. The van der Waals surface area contributed by atoms with Gasteiger partial charge in [0, 0.05) is 29.6 Å². The second kappa shape index (κ2) is 7.27. The van der Waals surface area contributed by atoms with Crippen molar-refractivity contribution in [1.82, 2.24) is 14.7 Å². The van der Waals surface area contributed by atoms with Gasteiger partial charge in [0.05, 0.1) is 18.3 Å². The summed E-state index contributed by atoms with van der Waals surface area (Å²) in [6, 6.07) is 12.5. The van der Waals surface area contributed by atoms with Crippen molar-refractivity contribution < 1.29 is 9.59 Å². The van der Waals surface area contributed by atoms with Gasteiger partial charge in [-0.25, -0.2) is 4.98 Å². The average molecular weight is 342 g/mol. The molecule has 1 aromatic carbocycles.